The summed E-state index contributed by atoms with van der Waals surface area (Å²) < 4.78 is 6.42. The number of benzene rings is 2. The average molecular weight is 378 g/mol. The molecule has 0 aromatic heterocycles. The molecule has 1 aliphatic rings. The summed E-state index contributed by atoms with van der Waals surface area (Å²) in [6.07, 6.45) is 4.99. The number of carbonyl (C=O) groups excluding carboxylic acids is 1. The van der Waals surface area contributed by atoms with Gasteiger partial charge in [-0.05, 0) is 48.4 Å². The van der Waals surface area contributed by atoms with E-state index >= 15 is 0 Å². The smallest absolute Gasteiger partial charge is 0.185 e. The quantitative estimate of drug-likeness (QED) is 0.462. The summed E-state index contributed by atoms with van der Waals surface area (Å²) in [5, 5.41) is 0. The molecule has 2 aromatic carbocycles. The average Bonchev–Trinajstić information content (AvgIpc) is 2.71. The molecule has 0 bridgehead atoms. The molecular weight excluding hydrogens is 346 g/mol. The van der Waals surface area contributed by atoms with Gasteiger partial charge in [0.1, 0.15) is 12.4 Å². The summed E-state index contributed by atoms with van der Waals surface area (Å²) in [5.74, 6) is 0.859. The van der Waals surface area contributed by atoms with Crippen LogP contribution in [0.3, 0.4) is 0 Å². The van der Waals surface area contributed by atoms with Gasteiger partial charge in [0, 0.05) is 24.2 Å². The first-order chi connectivity index (χ1) is 13.4. The van der Waals surface area contributed by atoms with Crippen molar-refractivity contribution in [1.82, 2.24) is 0 Å². The fourth-order valence-corrected chi connectivity index (χ4v) is 3.68. The first-order valence-electron chi connectivity index (χ1n) is 10.2. The molecule has 1 saturated heterocycles. The minimum absolute atomic E-state index is 0.0432. The molecule has 0 saturated carbocycles. The number of hydrogen-bond donors (Lipinski definition) is 0. The molecule has 0 amide bonds. The van der Waals surface area contributed by atoms with Crippen molar-refractivity contribution in [2.24, 2.45) is 0 Å². The van der Waals surface area contributed by atoms with E-state index < -0.39 is 0 Å². The van der Waals surface area contributed by atoms with E-state index in [9.17, 15) is 4.79 Å². The lowest BCUT2D eigenvalue weighted by atomic mass is 9.84. The molecule has 0 aliphatic carbocycles. The van der Waals surface area contributed by atoms with Crippen molar-refractivity contribution in [3.05, 3.63) is 71.8 Å². The highest BCUT2D eigenvalue weighted by atomic mass is 16.5. The Bertz CT molecular complexity index is 828. The van der Waals surface area contributed by atoms with Crippen molar-refractivity contribution >= 4 is 11.5 Å². The van der Waals surface area contributed by atoms with E-state index in [-0.39, 0.29) is 11.2 Å². The lowest BCUT2D eigenvalue weighted by molar-refractivity contribution is 0.104. The second-order valence-electron chi connectivity index (χ2n) is 8.51. The predicted molar refractivity (Wildman–Crippen MR) is 117 cm³/mol. The molecule has 0 unspecified atom stereocenters. The molecule has 3 heteroatoms. The van der Waals surface area contributed by atoms with Crippen LogP contribution in [-0.4, -0.2) is 18.9 Å². The van der Waals surface area contributed by atoms with Gasteiger partial charge in [0.2, 0.25) is 0 Å². The van der Waals surface area contributed by atoms with Crippen molar-refractivity contribution < 1.29 is 9.53 Å². The summed E-state index contributed by atoms with van der Waals surface area (Å²) in [7, 11) is 0. The van der Waals surface area contributed by atoms with E-state index in [1.165, 1.54) is 25.3 Å². The predicted octanol–water partition coefficient (Wildman–Crippen LogP) is 5.92. The summed E-state index contributed by atoms with van der Waals surface area (Å²) in [5.41, 5.74) is 3.78. The van der Waals surface area contributed by atoms with Crippen LogP contribution in [0.4, 0.5) is 5.69 Å². The number of piperidine rings is 1. The van der Waals surface area contributed by atoms with Crippen LogP contribution in [-0.2, 0) is 12.0 Å². The van der Waals surface area contributed by atoms with Crippen LogP contribution >= 0.6 is 0 Å². The van der Waals surface area contributed by atoms with Crippen molar-refractivity contribution in [1.29, 1.82) is 0 Å². The Morgan fingerprint density at radius 3 is 2.39 bits per heavy atom. The zero-order valence-corrected chi connectivity index (χ0v) is 17.3. The van der Waals surface area contributed by atoms with Gasteiger partial charge in [-0.15, -0.1) is 0 Å². The molecule has 0 spiro atoms. The first kappa shape index (κ1) is 20.2. The minimum atomic E-state index is -0.145. The molecule has 0 atom stereocenters. The topological polar surface area (TPSA) is 29.5 Å². The van der Waals surface area contributed by atoms with Crippen molar-refractivity contribution in [2.75, 3.05) is 18.0 Å². The van der Waals surface area contributed by atoms with E-state index in [2.05, 4.69) is 44.4 Å². The monoisotopic (exact) mass is 377 g/mol. The Labute approximate surface area is 169 Å². The number of rotatable bonds is 6. The number of allylic oxidation sites excluding steroid dienone is 1. The van der Waals surface area contributed by atoms with Crippen LogP contribution in [0.15, 0.2) is 55.1 Å². The summed E-state index contributed by atoms with van der Waals surface area (Å²) >= 11 is 0. The van der Waals surface area contributed by atoms with Gasteiger partial charge in [-0.1, -0.05) is 57.7 Å². The third kappa shape index (κ3) is 4.64. The molecule has 0 radical (unpaired) electrons. The van der Waals surface area contributed by atoms with Crippen molar-refractivity contribution in [3.63, 3.8) is 0 Å². The SMILES string of the molecule is C=CC(=O)c1cc(N2CCCCC2)c(OCc2ccccc2)c(C(C)(C)C)c1. The number of hydrogen-bond acceptors (Lipinski definition) is 3. The van der Waals surface area contributed by atoms with Crippen LogP contribution in [0, 0.1) is 0 Å². The van der Waals surface area contributed by atoms with E-state index in [4.69, 9.17) is 4.74 Å². The number of nitrogens with zero attached hydrogens (tertiary/aromatic N) is 1. The molecule has 0 N–H and O–H groups in total. The first-order valence-corrected chi connectivity index (χ1v) is 10.2. The normalized spacial score (nSPS) is 14.6. The van der Waals surface area contributed by atoms with Gasteiger partial charge in [0.15, 0.2) is 5.78 Å². The molecule has 1 heterocycles. The van der Waals surface area contributed by atoms with Gasteiger partial charge >= 0.3 is 0 Å². The Hall–Kier alpha value is -2.55. The van der Waals surface area contributed by atoms with Crippen molar-refractivity contribution in [2.45, 2.75) is 52.1 Å². The number of ketones is 1. The summed E-state index contributed by atoms with van der Waals surface area (Å²) in [6, 6.07) is 14.2. The highest BCUT2D eigenvalue weighted by Crippen LogP contribution is 2.41. The lowest BCUT2D eigenvalue weighted by Crippen LogP contribution is -2.31. The van der Waals surface area contributed by atoms with Gasteiger partial charge in [0.05, 0.1) is 5.69 Å². The van der Waals surface area contributed by atoms with E-state index in [0.29, 0.717) is 12.2 Å². The van der Waals surface area contributed by atoms with Gasteiger partial charge in [-0.2, -0.15) is 0 Å². The molecule has 1 aliphatic heterocycles. The van der Waals surface area contributed by atoms with Gasteiger partial charge < -0.3 is 9.64 Å². The standard InChI is InChI=1S/C25H31NO2/c1-5-23(27)20-16-21(25(2,3)4)24(28-18-19-12-8-6-9-13-19)22(17-20)26-14-10-7-11-15-26/h5-6,8-9,12-13,16-17H,1,7,10-11,14-15,18H2,2-4H3. The van der Waals surface area contributed by atoms with E-state index in [1.54, 1.807) is 0 Å². The fourth-order valence-electron chi connectivity index (χ4n) is 3.68. The maximum absolute atomic E-state index is 12.4. The second kappa shape index (κ2) is 8.64. The molecular formula is C25H31NO2. The maximum Gasteiger partial charge on any atom is 0.185 e. The van der Waals surface area contributed by atoms with Crippen LogP contribution in [0.5, 0.6) is 5.75 Å². The maximum atomic E-state index is 12.4. The third-order valence-electron chi connectivity index (χ3n) is 5.27. The molecule has 1 fully saturated rings. The summed E-state index contributed by atoms with van der Waals surface area (Å²) in [6.45, 7) is 12.7. The van der Waals surface area contributed by atoms with Crippen LogP contribution in [0.1, 0.15) is 61.5 Å². The Morgan fingerprint density at radius 2 is 1.79 bits per heavy atom. The highest BCUT2D eigenvalue weighted by molar-refractivity contribution is 6.05. The Morgan fingerprint density at radius 1 is 1.11 bits per heavy atom. The molecule has 28 heavy (non-hydrogen) atoms. The zero-order chi connectivity index (χ0) is 20.1. The van der Waals surface area contributed by atoms with Crippen LogP contribution in [0.25, 0.3) is 0 Å². The second-order valence-corrected chi connectivity index (χ2v) is 8.51. The largest absolute Gasteiger partial charge is 0.486 e. The highest BCUT2D eigenvalue weighted by Gasteiger charge is 2.27. The lowest BCUT2D eigenvalue weighted by Gasteiger charge is -2.33. The van der Waals surface area contributed by atoms with Crippen LogP contribution < -0.4 is 9.64 Å². The van der Waals surface area contributed by atoms with Crippen molar-refractivity contribution in [3.8, 4) is 5.75 Å². The van der Waals surface area contributed by atoms with E-state index in [1.807, 2.05) is 30.3 Å². The summed E-state index contributed by atoms with van der Waals surface area (Å²) in [4.78, 5) is 14.8. The van der Waals surface area contributed by atoms with E-state index in [0.717, 1.165) is 35.7 Å². The number of carbonyl (C=O) groups is 1. The Balaban J connectivity index is 2.08. The molecule has 2 aromatic rings. The van der Waals surface area contributed by atoms with Gasteiger partial charge in [0.25, 0.3) is 0 Å². The number of anilines is 1. The Kier molecular flexibility index (Phi) is 6.23. The molecule has 3 nitrogen and oxygen atoms in total. The molecule has 3 rings (SSSR count). The third-order valence-corrected chi connectivity index (χ3v) is 5.27. The van der Waals surface area contributed by atoms with Crippen LogP contribution in [0.2, 0.25) is 0 Å². The fraction of sp³-hybridized carbons (Fsp3) is 0.400. The molecule has 148 valence electrons. The minimum Gasteiger partial charge on any atom is -0.486 e. The van der Waals surface area contributed by atoms with Gasteiger partial charge in [-0.3, -0.25) is 4.79 Å². The zero-order valence-electron chi connectivity index (χ0n) is 17.3. The number of ether oxygens (including phenoxy) is 1. The van der Waals surface area contributed by atoms with Gasteiger partial charge in [-0.25, -0.2) is 0 Å².